The van der Waals surface area contributed by atoms with E-state index in [2.05, 4.69) is 29.1 Å². The van der Waals surface area contributed by atoms with Crippen LogP contribution in [0.25, 0.3) is 29.7 Å². The van der Waals surface area contributed by atoms with Gasteiger partial charge in [-0.05, 0) is 51.8 Å². The molecule has 2 aromatic heterocycles. The second-order valence-corrected chi connectivity index (χ2v) is 10.5. The van der Waals surface area contributed by atoms with Crippen molar-refractivity contribution < 1.29 is 25.4 Å². The maximum Gasteiger partial charge on any atom is 0.270 e. The molecule has 5 aromatic rings. The van der Waals surface area contributed by atoms with Crippen LogP contribution in [0.5, 0.6) is 0 Å². The average Bonchev–Trinajstić information content (AvgIpc) is 3.50. The summed E-state index contributed by atoms with van der Waals surface area (Å²) in [7, 11) is 0. The summed E-state index contributed by atoms with van der Waals surface area (Å²) in [5, 5.41) is 21.5. The number of rotatable bonds is 7. The van der Waals surface area contributed by atoms with Crippen LogP contribution >= 0.6 is 27.3 Å². The minimum Gasteiger partial charge on any atom is -0.508 e. The first-order valence-electron chi connectivity index (χ1n) is 11.8. The standard InChI is InChI=1S/C30H22BrN3O4S.2H2O/c1-19-29(17-25-13-15-28(38-25)26-14-12-24(34(36)37)16-27(26)31)39-30(32-23-6-4-3-5-7-23)33(19)18-21-8-10-22(11-9-21)20(2)35;;/h3-17,35H,1-2,18H2;2*1H2/b29-17+,32-30?;;. The molecule has 3 aromatic carbocycles. The van der Waals surface area contributed by atoms with Crippen LogP contribution in [0.3, 0.4) is 0 Å². The summed E-state index contributed by atoms with van der Waals surface area (Å²) in [6.45, 7) is 8.45. The molecule has 0 aliphatic carbocycles. The predicted molar refractivity (Wildman–Crippen MR) is 165 cm³/mol. The number of hydrogen-bond donors (Lipinski definition) is 1. The summed E-state index contributed by atoms with van der Waals surface area (Å²) < 4.78 is 9.58. The van der Waals surface area contributed by atoms with E-state index in [1.54, 1.807) is 6.07 Å². The second kappa shape index (κ2) is 13.2. The van der Waals surface area contributed by atoms with Crippen molar-refractivity contribution in [2.75, 3.05) is 0 Å². The van der Waals surface area contributed by atoms with Crippen molar-refractivity contribution in [2.24, 2.45) is 4.99 Å². The number of nitro benzene ring substituents is 1. The molecule has 0 unspecified atom stereocenters. The van der Waals surface area contributed by atoms with Gasteiger partial charge >= 0.3 is 0 Å². The zero-order valence-corrected chi connectivity index (χ0v) is 24.0. The molecule has 0 amide bonds. The van der Waals surface area contributed by atoms with Crippen LogP contribution in [0, 0.1) is 10.1 Å². The fourth-order valence-electron chi connectivity index (χ4n) is 3.94. The lowest BCUT2D eigenvalue weighted by atomic mass is 10.1. The zero-order chi connectivity index (χ0) is 27.5. The quantitative estimate of drug-likeness (QED) is 0.154. The number of halogens is 1. The SMILES string of the molecule is C=C(O)c1ccc(Cn2c(=Nc3ccccc3)s/c(=C/c3ccc(-c4ccc([N+](=O)[O-])cc4Br)o3)c2=C)cc1.O.O. The average molecular weight is 637 g/mol. The highest BCUT2D eigenvalue weighted by Crippen LogP contribution is 2.32. The third-order valence-corrected chi connectivity index (χ3v) is 7.70. The van der Waals surface area contributed by atoms with Crippen molar-refractivity contribution in [1.29, 1.82) is 0 Å². The molecule has 0 spiro atoms. The van der Waals surface area contributed by atoms with Crippen molar-refractivity contribution in [3.63, 3.8) is 0 Å². The fourth-order valence-corrected chi connectivity index (χ4v) is 5.54. The number of aromatic nitrogens is 1. The Bertz CT molecular complexity index is 1880. The number of para-hydroxylation sites is 1. The molecule has 0 aliphatic heterocycles. The first-order valence-corrected chi connectivity index (χ1v) is 13.4. The van der Waals surface area contributed by atoms with E-state index >= 15 is 0 Å². The molecular formula is C30H26BrN3O6S. The van der Waals surface area contributed by atoms with Crippen LogP contribution in [0.2, 0.25) is 0 Å². The van der Waals surface area contributed by atoms with Crippen molar-refractivity contribution in [3.8, 4) is 11.3 Å². The Kier molecular flexibility index (Phi) is 9.98. The number of furan rings is 1. The van der Waals surface area contributed by atoms with Crippen molar-refractivity contribution in [2.45, 2.75) is 6.54 Å². The van der Waals surface area contributed by atoms with Gasteiger partial charge in [0.1, 0.15) is 17.3 Å². The summed E-state index contributed by atoms with van der Waals surface area (Å²) in [6.07, 6.45) is 1.91. The lowest BCUT2D eigenvalue weighted by Crippen LogP contribution is -2.31. The summed E-state index contributed by atoms with van der Waals surface area (Å²) in [6, 6.07) is 25.5. The highest BCUT2D eigenvalue weighted by atomic mass is 79.9. The Hall–Kier alpha value is -4.55. The molecule has 0 radical (unpaired) electrons. The highest BCUT2D eigenvalue weighted by Gasteiger charge is 2.13. The molecule has 5 rings (SSSR count). The monoisotopic (exact) mass is 635 g/mol. The first-order chi connectivity index (χ1) is 18.8. The van der Waals surface area contributed by atoms with Gasteiger partial charge in [-0.15, -0.1) is 0 Å². The maximum atomic E-state index is 11.1. The van der Waals surface area contributed by atoms with Crippen LogP contribution in [0.4, 0.5) is 11.4 Å². The van der Waals surface area contributed by atoms with E-state index in [0.29, 0.717) is 33.7 Å². The fraction of sp³-hybridized carbons (Fsp3) is 0.0333. The first kappa shape index (κ1) is 31.0. The molecule has 5 N–H and O–H groups in total. The van der Waals surface area contributed by atoms with Gasteiger partial charge in [0, 0.05) is 33.8 Å². The Morgan fingerprint density at radius 1 is 1.07 bits per heavy atom. The maximum absolute atomic E-state index is 11.1. The van der Waals surface area contributed by atoms with Gasteiger partial charge in [-0.3, -0.25) is 10.1 Å². The molecule has 0 saturated heterocycles. The predicted octanol–water partition coefficient (Wildman–Crippen LogP) is 4.88. The Balaban J connectivity index is 0.00000231. The van der Waals surface area contributed by atoms with E-state index in [1.165, 1.54) is 23.5 Å². The Morgan fingerprint density at radius 3 is 2.41 bits per heavy atom. The van der Waals surface area contributed by atoms with Gasteiger partial charge in [0.2, 0.25) is 0 Å². The molecule has 0 atom stereocenters. The summed E-state index contributed by atoms with van der Waals surface area (Å²) in [4.78, 5) is 16.3. The largest absolute Gasteiger partial charge is 0.508 e. The number of thiazole rings is 1. The van der Waals surface area contributed by atoms with Gasteiger partial charge in [-0.25, -0.2) is 4.99 Å². The molecule has 2 heterocycles. The van der Waals surface area contributed by atoms with Gasteiger partial charge in [-0.1, -0.05) is 67.0 Å². The van der Waals surface area contributed by atoms with Gasteiger partial charge in [0.05, 0.1) is 27.0 Å². The molecule has 41 heavy (non-hydrogen) atoms. The smallest absolute Gasteiger partial charge is 0.270 e. The van der Waals surface area contributed by atoms with E-state index in [4.69, 9.17) is 9.41 Å². The van der Waals surface area contributed by atoms with Crippen LogP contribution in [-0.2, 0) is 6.54 Å². The zero-order valence-electron chi connectivity index (χ0n) is 21.6. The minimum absolute atomic E-state index is 0. The molecule has 0 bridgehead atoms. The second-order valence-electron chi connectivity index (χ2n) is 8.64. The molecule has 11 heteroatoms. The molecular weight excluding hydrogens is 610 g/mol. The lowest BCUT2D eigenvalue weighted by molar-refractivity contribution is -0.384. The van der Waals surface area contributed by atoms with Gasteiger partial charge in [0.15, 0.2) is 4.80 Å². The van der Waals surface area contributed by atoms with Crippen molar-refractivity contribution in [3.05, 3.63) is 138 Å². The number of benzene rings is 3. The van der Waals surface area contributed by atoms with E-state index in [9.17, 15) is 15.2 Å². The van der Waals surface area contributed by atoms with Gasteiger partial charge in [-0.2, -0.15) is 0 Å². The third kappa shape index (κ3) is 6.97. The number of non-ortho nitro benzene ring substituents is 1. The van der Waals surface area contributed by atoms with Gasteiger partial charge in [0.25, 0.3) is 5.69 Å². The topological polar surface area (TPSA) is 157 Å². The number of nitro groups is 1. The molecule has 0 fully saturated rings. The van der Waals surface area contributed by atoms with Crippen molar-refractivity contribution >= 4 is 57.1 Å². The number of nitrogens with zero attached hydrogens (tertiary/aromatic N) is 3. The van der Waals surface area contributed by atoms with E-state index in [0.717, 1.165) is 25.9 Å². The van der Waals surface area contributed by atoms with Crippen LogP contribution in [-0.4, -0.2) is 25.5 Å². The number of aliphatic hydroxyl groups is 1. The molecule has 210 valence electrons. The van der Waals surface area contributed by atoms with Gasteiger partial charge < -0.3 is 25.0 Å². The van der Waals surface area contributed by atoms with E-state index in [-0.39, 0.29) is 22.4 Å². The van der Waals surface area contributed by atoms with Crippen molar-refractivity contribution in [1.82, 2.24) is 4.57 Å². The highest BCUT2D eigenvalue weighted by molar-refractivity contribution is 9.10. The van der Waals surface area contributed by atoms with Crippen LogP contribution < -0.4 is 14.7 Å². The molecule has 0 aliphatic rings. The van der Waals surface area contributed by atoms with E-state index < -0.39 is 4.92 Å². The minimum atomic E-state index is -0.437. The summed E-state index contributed by atoms with van der Waals surface area (Å²) in [5.41, 5.74) is 3.23. The summed E-state index contributed by atoms with van der Waals surface area (Å²) >= 11 is 4.91. The Morgan fingerprint density at radius 2 is 1.78 bits per heavy atom. The van der Waals surface area contributed by atoms with Crippen LogP contribution in [0.15, 0.2) is 105 Å². The molecule has 9 nitrogen and oxygen atoms in total. The molecule has 0 saturated carbocycles. The van der Waals surface area contributed by atoms with E-state index in [1.807, 2.05) is 77.4 Å². The van der Waals surface area contributed by atoms with Crippen LogP contribution in [0.1, 0.15) is 16.9 Å². The number of aliphatic hydroxyl groups excluding tert-OH is 1. The normalized spacial score (nSPS) is 11.5. The lowest BCUT2D eigenvalue weighted by Gasteiger charge is -2.06. The third-order valence-electron chi connectivity index (χ3n) is 5.98. The summed E-state index contributed by atoms with van der Waals surface area (Å²) in [5.74, 6) is 1.22. The Labute approximate surface area is 246 Å². The number of hydrogen-bond acceptors (Lipinski definition) is 6.